The molecule has 3 unspecified atom stereocenters. The molecule has 20 heavy (non-hydrogen) atoms. The van der Waals surface area contributed by atoms with E-state index in [0.29, 0.717) is 11.8 Å². The van der Waals surface area contributed by atoms with Crippen molar-refractivity contribution in [1.82, 2.24) is 0 Å². The second-order valence-corrected chi connectivity index (χ2v) is 12.5. The molecular weight excluding hydrogens is 264 g/mol. The van der Waals surface area contributed by atoms with Crippen molar-refractivity contribution in [3.05, 3.63) is 12.7 Å². The molecule has 0 aromatic rings. The van der Waals surface area contributed by atoms with Gasteiger partial charge in [0.05, 0.1) is 6.10 Å². The Morgan fingerprint density at radius 2 is 1.60 bits per heavy atom. The van der Waals surface area contributed by atoms with Crippen LogP contribution in [-0.4, -0.2) is 27.6 Å². The molecule has 0 fully saturated rings. The van der Waals surface area contributed by atoms with Gasteiger partial charge in [0.25, 0.3) is 0 Å². The minimum atomic E-state index is -1.74. The molecule has 0 rings (SSSR count). The maximum atomic E-state index is 6.62. The first-order valence-electron chi connectivity index (χ1n) is 7.79. The van der Waals surface area contributed by atoms with Gasteiger partial charge in [-0.1, -0.05) is 47.6 Å². The number of methoxy groups -OCH3 is 1. The van der Waals surface area contributed by atoms with Gasteiger partial charge < -0.3 is 9.16 Å². The van der Waals surface area contributed by atoms with E-state index < -0.39 is 8.32 Å². The molecule has 0 bridgehead atoms. The average molecular weight is 301 g/mol. The van der Waals surface area contributed by atoms with Crippen molar-refractivity contribution in [1.29, 1.82) is 0 Å². The lowest BCUT2D eigenvalue weighted by atomic mass is 9.94. The normalized spacial score (nSPS) is 17.9. The summed E-state index contributed by atoms with van der Waals surface area (Å²) < 4.78 is 12.3. The maximum absolute atomic E-state index is 6.62. The lowest BCUT2D eigenvalue weighted by Crippen LogP contribution is -2.46. The van der Waals surface area contributed by atoms with E-state index >= 15 is 0 Å². The fourth-order valence-electron chi connectivity index (χ4n) is 1.92. The third kappa shape index (κ3) is 5.70. The fourth-order valence-corrected chi connectivity index (χ4v) is 3.40. The Morgan fingerprint density at radius 1 is 1.10 bits per heavy atom. The summed E-state index contributed by atoms with van der Waals surface area (Å²) in [5.41, 5.74) is 0. The molecule has 0 aliphatic carbocycles. The van der Waals surface area contributed by atoms with Crippen LogP contribution >= 0.6 is 0 Å². The van der Waals surface area contributed by atoms with Crippen molar-refractivity contribution >= 4 is 8.32 Å². The van der Waals surface area contributed by atoms with Crippen LogP contribution in [0.4, 0.5) is 0 Å². The zero-order valence-corrected chi connectivity index (χ0v) is 16.1. The summed E-state index contributed by atoms with van der Waals surface area (Å²) in [7, 11) is 0.0494. The summed E-state index contributed by atoms with van der Waals surface area (Å²) in [5.74, 6) is 0.850. The first kappa shape index (κ1) is 19.9. The summed E-state index contributed by atoms with van der Waals surface area (Å²) in [6.07, 6.45) is 3.35. The highest BCUT2D eigenvalue weighted by Gasteiger charge is 2.40. The molecule has 0 saturated heterocycles. The molecular formula is C17H36O2Si. The standard InChI is InChI=1S/C17H36O2Si/c1-11-14(4)16(18-8)12-15(13(2)3)19-20(9,10)17(5,6)7/h11,13-16H,1,12H2,2-10H3. The van der Waals surface area contributed by atoms with Crippen LogP contribution in [0.1, 0.15) is 48.0 Å². The highest BCUT2D eigenvalue weighted by atomic mass is 28.4. The van der Waals surface area contributed by atoms with Crippen LogP contribution in [0.5, 0.6) is 0 Å². The Kier molecular flexibility index (Phi) is 7.72. The van der Waals surface area contributed by atoms with Crippen LogP contribution in [0, 0.1) is 11.8 Å². The molecule has 2 nitrogen and oxygen atoms in total. The summed E-state index contributed by atoms with van der Waals surface area (Å²) in [4.78, 5) is 0. The van der Waals surface area contributed by atoms with Gasteiger partial charge in [-0.05, 0) is 30.5 Å². The van der Waals surface area contributed by atoms with Crippen LogP contribution in [0.15, 0.2) is 12.7 Å². The molecule has 3 heteroatoms. The van der Waals surface area contributed by atoms with E-state index in [4.69, 9.17) is 9.16 Å². The van der Waals surface area contributed by atoms with Gasteiger partial charge in [-0.3, -0.25) is 0 Å². The van der Waals surface area contributed by atoms with E-state index in [1.807, 2.05) is 6.08 Å². The molecule has 0 amide bonds. The lowest BCUT2D eigenvalue weighted by Gasteiger charge is -2.41. The van der Waals surface area contributed by atoms with Gasteiger partial charge in [0.2, 0.25) is 0 Å². The highest BCUT2D eigenvalue weighted by Crippen LogP contribution is 2.39. The van der Waals surface area contributed by atoms with Crippen molar-refractivity contribution in [3.63, 3.8) is 0 Å². The highest BCUT2D eigenvalue weighted by molar-refractivity contribution is 6.74. The largest absolute Gasteiger partial charge is 0.414 e. The van der Waals surface area contributed by atoms with Gasteiger partial charge in [-0.15, -0.1) is 6.58 Å². The van der Waals surface area contributed by atoms with Crippen LogP contribution in [0.2, 0.25) is 18.1 Å². The molecule has 0 radical (unpaired) electrons. The maximum Gasteiger partial charge on any atom is 0.192 e. The molecule has 0 aliphatic rings. The quantitative estimate of drug-likeness (QED) is 0.449. The molecule has 0 aromatic heterocycles. The molecule has 0 saturated carbocycles. The number of rotatable bonds is 8. The fraction of sp³-hybridized carbons (Fsp3) is 0.882. The topological polar surface area (TPSA) is 18.5 Å². The Bertz CT molecular complexity index is 292. The second kappa shape index (κ2) is 7.76. The van der Waals surface area contributed by atoms with Crippen molar-refractivity contribution in [3.8, 4) is 0 Å². The van der Waals surface area contributed by atoms with Crippen molar-refractivity contribution in [2.75, 3.05) is 7.11 Å². The first-order valence-corrected chi connectivity index (χ1v) is 10.7. The van der Waals surface area contributed by atoms with Crippen LogP contribution < -0.4 is 0 Å². The summed E-state index contributed by atoms with van der Waals surface area (Å²) in [6.45, 7) is 22.0. The smallest absolute Gasteiger partial charge is 0.192 e. The molecule has 120 valence electrons. The third-order valence-corrected chi connectivity index (χ3v) is 9.23. The van der Waals surface area contributed by atoms with Crippen molar-refractivity contribution in [2.24, 2.45) is 11.8 Å². The Balaban J connectivity index is 4.95. The Labute approximate surface area is 128 Å². The molecule has 0 aliphatic heterocycles. The van der Waals surface area contributed by atoms with E-state index in [2.05, 4.69) is 61.2 Å². The Hall–Kier alpha value is -0.123. The van der Waals surface area contributed by atoms with Crippen molar-refractivity contribution < 1.29 is 9.16 Å². The van der Waals surface area contributed by atoms with Gasteiger partial charge >= 0.3 is 0 Å². The zero-order chi connectivity index (χ0) is 16.1. The van der Waals surface area contributed by atoms with Crippen LogP contribution in [0.3, 0.4) is 0 Å². The predicted molar refractivity (Wildman–Crippen MR) is 91.7 cm³/mol. The Morgan fingerprint density at radius 3 is 1.90 bits per heavy atom. The van der Waals surface area contributed by atoms with E-state index in [0.717, 1.165) is 6.42 Å². The second-order valence-electron chi connectivity index (χ2n) is 7.77. The van der Waals surface area contributed by atoms with E-state index in [1.54, 1.807) is 7.11 Å². The third-order valence-electron chi connectivity index (χ3n) is 4.72. The molecule has 0 N–H and O–H groups in total. The average Bonchev–Trinajstić information content (AvgIpc) is 2.31. The van der Waals surface area contributed by atoms with Gasteiger partial charge in [-0.2, -0.15) is 0 Å². The van der Waals surface area contributed by atoms with Gasteiger partial charge in [0.15, 0.2) is 8.32 Å². The SMILES string of the molecule is C=CC(C)C(CC(O[Si](C)(C)C(C)(C)C)C(C)C)OC. The van der Waals surface area contributed by atoms with E-state index in [1.165, 1.54) is 0 Å². The first-order chi connectivity index (χ1) is 8.96. The summed E-state index contributed by atoms with van der Waals surface area (Å²) in [6, 6.07) is 0. The van der Waals surface area contributed by atoms with Crippen molar-refractivity contribution in [2.45, 2.75) is 78.3 Å². The predicted octanol–water partition coefficient (Wildman–Crippen LogP) is 5.26. The minimum absolute atomic E-state index is 0.185. The van der Waals surface area contributed by atoms with Gasteiger partial charge in [-0.25, -0.2) is 0 Å². The minimum Gasteiger partial charge on any atom is -0.414 e. The lowest BCUT2D eigenvalue weighted by molar-refractivity contribution is 0.0146. The number of hydrogen-bond donors (Lipinski definition) is 0. The van der Waals surface area contributed by atoms with E-state index in [9.17, 15) is 0 Å². The molecule has 0 heterocycles. The monoisotopic (exact) mass is 300 g/mol. The van der Waals surface area contributed by atoms with E-state index in [-0.39, 0.29) is 17.2 Å². The van der Waals surface area contributed by atoms with Gasteiger partial charge in [0.1, 0.15) is 0 Å². The molecule has 0 spiro atoms. The molecule has 0 aromatic carbocycles. The zero-order valence-electron chi connectivity index (χ0n) is 15.1. The van der Waals surface area contributed by atoms with Gasteiger partial charge in [0, 0.05) is 19.1 Å². The number of hydrogen-bond acceptors (Lipinski definition) is 2. The van der Waals surface area contributed by atoms with Crippen LogP contribution in [-0.2, 0) is 9.16 Å². The number of ether oxygens (including phenoxy) is 1. The molecule has 3 atom stereocenters. The summed E-state index contributed by atoms with van der Waals surface area (Å²) >= 11 is 0. The van der Waals surface area contributed by atoms with Crippen LogP contribution in [0.25, 0.3) is 0 Å². The summed E-state index contributed by atoms with van der Waals surface area (Å²) in [5, 5.41) is 0.243.